The summed E-state index contributed by atoms with van der Waals surface area (Å²) in [6.45, 7) is 9.89. The molecule has 2 aromatic rings. The monoisotopic (exact) mass is 426 g/mol. The van der Waals surface area contributed by atoms with Crippen molar-refractivity contribution in [2.75, 3.05) is 13.7 Å². The Bertz CT molecular complexity index is 880. The Labute approximate surface area is 185 Å². The van der Waals surface area contributed by atoms with Crippen LogP contribution in [0.1, 0.15) is 43.9 Å². The van der Waals surface area contributed by atoms with Crippen molar-refractivity contribution in [2.45, 2.75) is 59.7 Å². The van der Waals surface area contributed by atoms with Crippen LogP contribution in [0.4, 0.5) is 0 Å². The summed E-state index contributed by atoms with van der Waals surface area (Å²) in [5.41, 5.74) is 3.17. The summed E-state index contributed by atoms with van der Waals surface area (Å²) in [4.78, 5) is 27.4. The molecule has 6 nitrogen and oxygen atoms in total. The fourth-order valence-corrected chi connectivity index (χ4v) is 3.01. The van der Waals surface area contributed by atoms with Gasteiger partial charge in [0.1, 0.15) is 17.5 Å². The number of methoxy groups -OCH3 is 1. The van der Waals surface area contributed by atoms with E-state index in [4.69, 9.17) is 9.47 Å². The molecule has 0 aliphatic heterocycles. The number of carbonyl (C=O) groups excluding carboxylic acids is 2. The molecule has 0 fully saturated rings. The maximum Gasteiger partial charge on any atom is 0.261 e. The fraction of sp³-hybridized carbons (Fsp3) is 0.440. The third-order valence-corrected chi connectivity index (χ3v) is 5.52. The van der Waals surface area contributed by atoms with Crippen molar-refractivity contribution in [3.05, 3.63) is 59.2 Å². The second-order valence-electron chi connectivity index (χ2n) is 7.90. The molecule has 31 heavy (non-hydrogen) atoms. The molecule has 2 amide bonds. The van der Waals surface area contributed by atoms with Crippen LogP contribution in [0.5, 0.6) is 11.5 Å². The molecule has 2 rings (SSSR count). The molecule has 0 spiro atoms. The zero-order valence-corrected chi connectivity index (χ0v) is 19.4. The Morgan fingerprint density at radius 3 is 2.23 bits per heavy atom. The molecule has 0 bridgehead atoms. The van der Waals surface area contributed by atoms with Crippen molar-refractivity contribution >= 4 is 11.8 Å². The number of nitrogens with one attached hydrogen (secondary N) is 1. The zero-order valence-electron chi connectivity index (χ0n) is 19.4. The van der Waals surface area contributed by atoms with Gasteiger partial charge in [-0.15, -0.1) is 0 Å². The number of nitrogens with zero attached hydrogens (tertiary/aromatic N) is 1. The molecule has 1 N–H and O–H groups in total. The molecular formula is C25H34N2O4. The lowest BCUT2D eigenvalue weighted by molar-refractivity contribution is -0.142. The van der Waals surface area contributed by atoms with Gasteiger partial charge in [-0.3, -0.25) is 9.59 Å². The lowest BCUT2D eigenvalue weighted by Crippen LogP contribution is -2.50. The Balaban J connectivity index is 2.16. The molecule has 0 unspecified atom stereocenters. The van der Waals surface area contributed by atoms with Crippen LogP contribution in [0.25, 0.3) is 0 Å². The van der Waals surface area contributed by atoms with Crippen molar-refractivity contribution in [2.24, 2.45) is 0 Å². The molecule has 0 aliphatic carbocycles. The second-order valence-corrected chi connectivity index (χ2v) is 7.90. The quantitative estimate of drug-likeness (QED) is 0.623. The molecule has 0 aliphatic rings. The molecule has 0 radical (unpaired) electrons. The third kappa shape index (κ3) is 7.02. The van der Waals surface area contributed by atoms with Gasteiger partial charge >= 0.3 is 0 Å². The van der Waals surface area contributed by atoms with Gasteiger partial charge in [0.05, 0.1) is 7.11 Å². The van der Waals surface area contributed by atoms with Crippen molar-refractivity contribution in [1.82, 2.24) is 10.2 Å². The SMILES string of the molecule is CC[C@H](C)NC(=O)[C@H](C)N(Cc1ccc(OC)cc1)C(=O)COc1ccc(C)c(C)c1. The Kier molecular flexibility index (Phi) is 8.91. The average Bonchev–Trinajstić information content (AvgIpc) is 2.77. The van der Waals surface area contributed by atoms with Crippen LogP contribution < -0.4 is 14.8 Å². The van der Waals surface area contributed by atoms with Gasteiger partial charge in [0.25, 0.3) is 5.91 Å². The largest absolute Gasteiger partial charge is 0.497 e. The molecule has 0 heterocycles. The highest BCUT2D eigenvalue weighted by Gasteiger charge is 2.27. The number of hydrogen-bond acceptors (Lipinski definition) is 4. The average molecular weight is 427 g/mol. The zero-order chi connectivity index (χ0) is 23.0. The number of amides is 2. The summed E-state index contributed by atoms with van der Waals surface area (Å²) in [5.74, 6) is 0.947. The standard InChI is InChI=1S/C25H34N2O4/c1-7-19(4)26-25(29)20(5)27(15-21-9-12-22(30-6)13-10-21)24(28)16-31-23-11-8-17(2)18(3)14-23/h8-14,19-20H,7,15-16H2,1-6H3,(H,26,29)/t19-,20-/m0/s1. The first kappa shape index (κ1) is 24.3. The number of benzene rings is 2. The first-order chi connectivity index (χ1) is 14.7. The van der Waals surface area contributed by atoms with E-state index >= 15 is 0 Å². The van der Waals surface area contributed by atoms with E-state index in [1.165, 1.54) is 0 Å². The van der Waals surface area contributed by atoms with Crippen molar-refractivity contribution in [1.29, 1.82) is 0 Å². The predicted molar refractivity (Wildman–Crippen MR) is 122 cm³/mol. The van der Waals surface area contributed by atoms with Crippen LogP contribution in [0, 0.1) is 13.8 Å². The topological polar surface area (TPSA) is 67.9 Å². The molecule has 168 valence electrons. The summed E-state index contributed by atoms with van der Waals surface area (Å²) >= 11 is 0. The summed E-state index contributed by atoms with van der Waals surface area (Å²) in [6.07, 6.45) is 0.820. The molecular weight excluding hydrogens is 392 g/mol. The summed E-state index contributed by atoms with van der Waals surface area (Å²) in [6, 6.07) is 12.6. The van der Waals surface area contributed by atoms with Gasteiger partial charge in [0.15, 0.2) is 6.61 Å². The Hall–Kier alpha value is -3.02. The van der Waals surface area contributed by atoms with E-state index in [1.807, 2.05) is 70.2 Å². The second kappa shape index (κ2) is 11.4. The first-order valence-electron chi connectivity index (χ1n) is 10.7. The van der Waals surface area contributed by atoms with Gasteiger partial charge in [-0.2, -0.15) is 0 Å². The summed E-state index contributed by atoms with van der Waals surface area (Å²) in [5, 5.41) is 2.96. The van der Waals surface area contributed by atoms with Gasteiger partial charge < -0.3 is 19.7 Å². The van der Waals surface area contributed by atoms with Crippen molar-refractivity contribution in [3.63, 3.8) is 0 Å². The minimum Gasteiger partial charge on any atom is -0.497 e. The van der Waals surface area contributed by atoms with E-state index in [2.05, 4.69) is 5.32 Å². The van der Waals surface area contributed by atoms with Crippen LogP contribution in [-0.2, 0) is 16.1 Å². The van der Waals surface area contributed by atoms with Gasteiger partial charge in [-0.05, 0) is 75.1 Å². The smallest absolute Gasteiger partial charge is 0.261 e. The summed E-state index contributed by atoms with van der Waals surface area (Å²) in [7, 11) is 1.61. The van der Waals surface area contributed by atoms with E-state index in [9.17, 15) is 9.59 Å². The van der Waals surface area contributed by atoms with E-state index in [0.717, 1.165) is 28.9 Å². The van der Waals surface area contributed by atoms with E-state index < -0.39 is 6.04 Å². The molecule has 0 aromatic heterocycles. The van der Waals surface area contributed by atoms with E-state index in [-0.39, 0.29) is 24.5 Å². The number of carbonyl (C=O) groups is 2. The van der Waals surface area contributed by atoms with E-state index in [0.29, 0.717) is 12.3 Å². The highest BCUT2D eigenvalue weighted by Crippen LogP contribution is 2.18. The maximum atomic E-state index is 13.1. The molecule has 2 aromatic carbocycles. The number of ether oxygens (including phenoxy) is 2. The Morgan fingerprint density at radius 2 is 1.65 bits per heavy atom. The van der Waals surface area contributed by atoms with Crippen LogP contribution >= 0.6 is 0 Å². The van der Waals surface area contributed by atoms with Gasteiger partial charge in [0.2, 0.25) is 5.91 Å². The number of aryl methyl sites for hydroxylation is 2. The normalized spacial score (nSPS) is 12.6. The predicted octanol–water partition coefficient (Wildman–Crippen LogP) is 4.02. The summed E-state index contributed by atoms with van der Waals surface area (Å²) < 4.78 is 11.0. The van der Waals surface area contributed by atoms with Gasteiger partial charge in [-0.25, -0.2) is 0 Å². The number of hydrogen-bond donors (Lipinski definition) is 1. The molecule has 6 heteroatoms. The lowest BCUT2D eigenvalue weighted by Gasteiger charge is -2.29. The van der Waals surface area contributed by atoms with Crippen LogP contribution in [0.2, 0.25) is 0 Å². The maximum absolute atomic E-state index is 13.1. The molecule has 0 saturated carbocycles. The van der Waals surface area contributed by atoms with Crippen LogP contribution in [0.15, 0.2) is 42.5 Å². The van der Waals surface area contributed by atoms with Crippen molar-refractivity contribution < 1.29 is 19.1 Å². The lowest BCUT2D eigenvalue weighted by atomic mass is 10.1. The van der Waals surface area contributed by atoms with Crippen molar-refractivity contribution in [3.8, 4) is 11.5 Å². The number of rotatable bonds is 10. The fourth-order valence-electron chi connectivity index (χ4n) is 3.01. The van der Waals surface area contributed by atoms with Gasteiger partial charge in [-0.1, -0.05) is 25.1 Å². The highest BCUT2D eigenvalue weighted by atomic mass is 16.5. The third-order valence-electron chi connectivity index (χ3n) is 5.52. The van der Waals surface area contributed by atoms with E-state index in [1.54, 1.807) is 18.9 Å². The molecule has 0 saturated heterocycles. The highest BCUT2D eigenvalue weighted by molar-refractivity contribution is 5.88. The minimum absolute atomic E-state index is 0.0414. The van der Waals surface area contributed by atoms with Gasteiger partial charge in [0, 0.05) is 12.6 Å². The first-order valence-corrected chi connectivity index (χ1v) is 10.7. The van der Waals surface area contributed by atoms with Crippen LogP contribution in [-0.4, -0.2) is 42.5 Å². The Morgan fingerprint density at radius 1 is 1.00 bits per heavy atom. The van der Waals surface area contributed by atoms with Crippen LogP contribution in [0.3, 0.4) is 0 Å². The molecule has 2 atom stereocenters. The minimum atomic E-state index is -0.632.